The molecule has 0 aliphatic carbocycles. The lowest BCUT2D eigenvalue weighted by Crippen LogP contribution is -2.23. The summed E-state index contributed by atoms with van der Waals surface area (Å²) in [7, 11) is 1.46. The van der Waals surface area contributed by atoms with E-state index < -0.39 is 5.91 Å². The SMILES string of the molecule is Cn1nc(C(=O)Nc2nc3ccc(F)cc3s2)ccc1=O. The van der Waals surface area contributed by atoms with Crippen LogP contribution < -0.4 is 10.9 Å². The van der Waals surface area contributed by atoms with Crippen molar-refractivity contribution in [3.05, 3.63) is 52.2 Å². The van der Waals surface area contributed by atoms with E-state index in [0.717, 1.165) is 16.0 Å². The molecular formula is C13H9FN4O2S. The number of aryl methyl sites for hydroxylation is 1. The van der Waals surface area contributed by atoms with Crippen LogP contribution in [0.1, 0.15) is 10.5 Å². The quantitative estimate of drug-likeness (QED) is 0.783. The summed E-state index contributed by atoms with van der Waals surface area (Å²) in [5.41, 5.74) is 0.398. The molecule has 1 N–H and O–H groups in total. The number of nitrogens with one attached hydrogen (secondary N) is 1. The minimum Gasteiger partial charge on any atom is -0.296 e. The number of carbonyl (C=O) groups is 1. The fourth-order valence-corrected chi connectivity index (χ4v) is 2.62. The Hall–Kier alpha value is -2.61. The fourth-order valence-electron chi connectivity index (χ4n) is 1.74. The normalized spacial score (nSPS) is 10.8. The van der Waals surface area contributed by atoms with Crippen LogP contribution in [0.25, 0.3) is 10.2 Å². The van der Waals surface area contributed by atoms with Crippen molar-refractivity contribution in [2.75, 3.05) is 5.32 Å². The Labute approximate surface area is 121 Å². The van der Waals surface area contributed by atoms with Crippen LogP contribution in [-0.2, 0) is 7.05 Å². The highest BCUT2D eigenvalue weighted by Crippen LogP contribution is 2.26. The first-order valence-electron chi connectivity index (χ1n) is 5.95. The molecule has 0 saturated heterocycles. The van der Waals surface area contributed by atoms with Crippen LogP contribution in [0, 0.1) is 5.82 Å². The van der Waals surface area contributed by atoms with Crippen LogP contribution in [-0.4, -0.2) is 20.7 Å². The van der Waals surface area contributed by atoms with Gasteiger partial charge >= 0.3 is 0 Å². The van der Waals surface area contributed by atoms with Gasteiger partial charge in [-0.1, -0.05) is 11.3 Å². The number of benzene rings is 1. The first-order valence-corrected chi connectivity index (χ1v) is 6.76. The first-order chi connectivity index (χ1) is 10.0. The molecule has 0 aliphatic heterocycles. The molecular weight excluding hydrogens is 295 g/mol. The maximum absolute atomic E-state index is 13.1. The molecule has 106 valence electrons. The summed E-state index contributed by atoms with van der Waals surface area (Å²) < 4.78 is 14.8. The summed E-state index contributed by atoms with van der Waals surface area (Å²) in [5.74, 6) is -0.839. The maximum atomic E-state index is 13.1. The van der Waals surface area contributed by atoms with Gasteiger partial charge in [-0.15, -0.1) is 0 Å². The number of amides is 1. The van der Waals surface area contributed by atoms with Gasteiger partial charge in [0.15, 0.2) is 5.13 Å². The molecule has 0 aliphatic rings. The van der Waals surface area contributed by atoms with Crippen molar-refractivity contribution in [3.8, 4) is 0 Å². The monoisotopic (exact) mass is 304 g/mol. The largest absolute Gasteiger partial charge is 0.296 e. The number of nitrogens with zero attached hydrogens (tertiary/aromatic N) is 3. The molecule has 0 unspecified atom stereocenters. The highest BCUT2D eigenvalue weighted by Gasteiger charge is 2.12. The molecule has 0 fully saturated rings. The second-order valence-corrected chi connectivity index (χ2v) is 5.30. The number of halogens is 1. The number of thiazole rings is 1. The van der Waals surface area contributed by atoms with E-state index >= 15 is 0 Å². The molecule has 0 saturated carbocycles. The molecule has 2 heterocycles. The molecule has 8 heteroatoms. The van der Waals surface area contributed by atoms with Crippen molar-refractivity contribution in [2.45, 2.75) is 0 Å². The van der Waals surface area contributed by atoms with Gasteiger partial charge in [0.1, 0.15) is 11.5 Å². The second-order valence-electron chi connectivity index (χ2n) is 4.27. The van der Waals surface area contributed by atoms with Gasteiger partial charge in [0.25, 0.3) is 11.5 Å². The molecule has 0 spiro atoms. The number of rotatable bonds is 2. The molecule has 1 aromatic carbocycles. The smallest absolute Gasteiger partial charge is 0.277 e. The van der Waals surface area contributed by atoms with Crippen molar-refractivity contribution in [3.63, 3.8) is 0 Å². The van der Waals surface area contributed by atoms with Gasteiger partial charge in [-0.05, 0) is 24.3 Å². The summed E-state index contributed by atoms with van der Waals surface area (Å²) in [4.78, 5) is 27.4. The van der Waals surface area contributed by atoms with Crippen molar-refractivity contribution >= 4 is 32.6 Å². The number of fused-ring (bicyclic) bond motifs is 1. The van der Waals surface area contributed by atoms with Crippen LogP contribution in [0.4, 0.5) is 9.52 Å². The topological polar surface area (TPSA) is 76.9 Å². The lowest BCUT2D eigenvalue weighted by molar-refractivity contribution is 0.102. The van der Waals surface area contributed by atoms with E-state index in [2.05, 4.69) is 15.4 Å². The zero-order valence-electron chi connectivity index (χ0n) is 10.8. The molecule has 0 bridgehead atoms. The van der Waals surface area contributed by atoms with E-state index in [9.17, 15) is 14.0 Å². The van der Waals surface area contributed by atoms with Crippen LogP contribution in [0.2, 0.25) is 0 Å². The molecule has 0 atom stereocenters. The third kappa shape index (κ3) is 2.65. The second kappa shape index (κ2) is 5.06. The zero-order chi connectivity index (χ0) is 15.0. The van der Waals surface area contributed by atoms with E-state index in [4.69, 9.17) is 0 Å². The standard InChI is InChI=1S/C13H9FN4O2S/c1-18-11(19)5-4-9(17-18)12(20)16-13-15-8-3-2-7(14)6-10(8)21-13/h2-6H,1H3,(H,15,16,20). The van der Waals surface area contributed by atoms with Crippen LogP contribution in [0.3, 0.4) is 0 Å². The minimum absolute atomic E-state index is 0.0996. The number of carbonyl (C=O) groups excluding carboxylic acids is 1. The Bertz CT molecular complexity index is 903. The number of anilines is 1. The predicted molar refractivity (Wildman–Crippen MR) is 77.0 cm³/mol. The average molecular weight is 304 g/mol. The minimum atomic E-state index is -0.481. The summed E-state index contributed by atoms with van der Waals surface area (Å²) in [6.45, 7) is 0. The lowest BCUT2D eigenvalue weighted by atomic mass is 10.3. The van der Waals surface area contributed by atoms with Gasteiger partial charge in [-0.3, -0.25) is 14.9 Å². The van der Waals surface area contributed by atoms with Gasteiger partial charge < -0.3 is 0 Å². The number of aromatic nitrogens is 3. The summed E-state index contributed by atoms with van der Waals surface area (Å²) >= 11 is 1.16. The molecule has 6 nitrogen and oxygen atoms in total. The fraction of sp³-hybridized carbons (Fsp3) is 0.0769. The summed E-state index contributed by atoms with van der Waals surface area (Å²) in [6.07, 6.45) is 0. The highest BCUT2D eigenvalue weighted by atomic mass is 32.1. The molecule has 2 aromatic heterocycles. The zero-order valence-corrected chi connectivity index (χ0v) is 11.6. The highest BCUT2D eigenvalue weighted by molar-refractivity contribution is 7.22. The Balaban J connectivity index is 1.88. The van der Waals surface area contributed by atoms with Crippen LogP contribution >= 0.6 is 11.3 Å². The Morgan fingerprint density at radius 2 is 2.14 bits per heavy atom. The van der Waals surface area contributed by atoms with Crippen molar-refractivity contribution < 1.29 is 9.18 Å². The summed E-state index contributed by atoms with van der Waals surface area (Å²) in [6, 6.07) is 6.80. The van der Waals surface area contributed by atoms with Gasteiger partial charge in [0, 0.05) is 13.1 Å². The average Bonchev–Trinajstić information content (AvgIpc) is 2.83. The summed E-state index contributed by atoms with van der Waals surface area (Å²) in [5, 5.41) is 6.77. The predicted octanol–water partition coefficient (Wildman–Crippen LogP) is 1.78. The van der Waals surface area contributed by atoms with Gasteiger partial charge in [0.05, 0.1) is 10.2 Å². The van der Waals surface area contributed by atoms with Crippen LogP contribution in [0.15, 0.2) is 35.1 Å². The Morgan fingerprint density at radius 3 is 2.90 bits per heavy atom. The Kier molecular flexibility index (Phi) is 3.22. The third-order valence-electron chi connectivity index (χ3n) is 2.76. The first kappa shape index (κ1) is 13.4. The van der Waals surface area contributed by atoms with E-state index in [1.54, 1.807) is 6.07 Å². The third-order valence-corrected chi connectivity index (χ3v) is 3.70. The van der Waals surface area contributed by atoms with Crippen molar-refractivity contribution in [1.82, 2.24) is 14.8 Å². The lowest BCUT2D eigenvalue weighted by Gasteiger charge is -2.01. The number of hydrogen-bond donors (Lipinski definition) is 1. The van der Waals surface area contributed by atoms with Gasteiger partial charge in [0.2, 0.25) is 0 Å². The van der Waals surface area contributed by atoms with E-state index in [0.29, 0.717) is 15.3 Å². The molecule has 1 amide bonds. The van der Waals surface area contributed by atoms with Gasteiger partial charge in [-0.2, -0.15) is 5.10 Å². The van der Waals surface area contributed by atoms with Crippen molar-refractivity contribution in [2.24, 2.45) is 7.05 Å². The van der Waals surface area contributed by atoms with E-state index in [1.807, 2.05) is 0 Å². The Morgan fingerprint density at radius 1 is 1.33 bits per heavy atom. The van der Waals surface area contributed by atoms with E-state index in [-0.39, 0.29) is 17.1 Å². The van der Waals surface area contributed by atoms with E-state index in [1.165, 1.54) is 31.3 Å². The van der Waals surface area contributed by atoms with Gasteiger partial charge in [-0.25, -0.2) is 14.1 Å². The number of hydrogen-bond acceptors (Lipinski definition) is 5. The maximum Gasteiger partial charge on any atom is 0.277 e. The molecule has 0 radical (unpaired) electrons. The molecule has 3 rings (SSSR count). The molecule has 21 heavy (non-hydrogen) atoms. The van der Waals surface area contributed by atoms with Crippen LogP contribution in [0.5, 0.6) is 0 Å². The van der Waals surface area contributed by atoms with Crippen molar-refractivity contribution in [1.29, 1.82) is 0 Å². The molecule has 3 aromatic rings.